The molecule has 1 nitrogen and oxygen atoms in total. The normalized spacial score (nSPS) is 27.0. The van der Waals surface area contributed by atoms with Gasteiger partial charge in [0.05, 0.1) is 22.8 Å². The second-order valence-corrected chi connectivity index (χ2v) is 6.02. The molecule has 88 valence electrons. The predicted octanol–water partition coefficient (Wildman–Crippen LogP) is 4.85. The summed E-state index contributed by atoms with van der Waals surface area (Å²) in [5.74, 6) is 0.507. The Morgan fingerprint density at radius 2 is 2.12 bits per heavy atom. The monoisotopic (exact) mass is 322 g/mol. The van der Waals surface area contributed by atoms with Crippen LogP contribution in [0.2, 0.25) is 10.0 Å². The Morgan fingerprint density at radius 3 is 2.69 bits per heavy atom. The Balaban J connectivity index is 2.14. The van der Waals surface area contributed by atoms with E-state index in [-0.39, 0.29) is 4.83 Å². The van der Waals surface area contributed by atoms with Crippen LogP contribution in [0.5, 0.6) is 0 Å². The van der Waals surface area contributed by atoms with Gasteiger partial charge >= 0.3 is 0 Å². The van der Waals surface area contributed by atoms with Gasteiger partial charge in [0.25, 0.3) is 0 Å². The summed E-state index contributed by atoms with van der Waals surface area (Å²) in [7, 11) is 0. The summed E-state index contributed by atoms with van der Waals surface area (Å²) >= 11 is 15.6. The van der Waals surface area contributed by atoms with Crippen LogP contribution in [0.25, 0.3) is 0 Å². The van der Waals surface area contributed by atoms with Crippen molar-refractivity contribution < 1.29 is 4.74 Å². The van der Waals surface area contributed by atoms with Crippen LogP contribution in [0.1, 0.15) is 23.7 Å². The molecule has 0 saturated carbocycles. The highest BCUT2D eigenvalue weighted by molar-refractivity contribution is 9.09. The standard InChI is InChI=1S/C12H13BrCl2O/c1-7-4-9(6-16-7)12(13)8-2-3-10(14)11(15)5-8/h2-3,5,7,9,12H,4,6H2,1H3. The molecule has 1 aliphatic heterocycles. The van der Waals surface area contributed by atoms with Gasteiger partial charge in [-0.1, -0.05) is 45.2 Å². The smallest absolute Gasteiger partial charge is 0.0595 e. The summed E-state index contributed by atoms with van der Waals surface area (Å²) in [5, 5.41) is 1.21. The molecular weight excluding hydrogens is 311 g/mol. The quantitative estimate of drug-likeness (QED) is 0.707. The lowest BCUT2D eigenvalue weighted by molar-refractivity contribution is 0.120. The van der Waals surface area contributed by atoms with Crippen molar-refractivity contribution in [2.45, 2.75) is 24.3 Å². The Hall–Kier alpha value is 0.240. The van der Waals surface area contributed by atoms with Gasteiger partial charge in [0.2, 0.25) is 0 Å². The Labute approximate surface area is 114 Å². The fourth-order valence-electron chi connectivity index (χ4n) is 2.01. The van der Waals surface area contributed by atoms with Crippen LogP contribution >= 0.6 is 39.1 Å². The van der Waals surface area contributed by atoms with E-state index in [1.54, 1.807) is 0 Å². The molecule has 3 unspecified atom stereocenters. The molecule has 1 fully saturated rings. The van der Waals surface area contributed by atoms with Crippen LogP contribution in [0.15, 0.2) is 18.2 Å². The molecule has 1 aromatic carbocycles. The third-order valence-electron chi connectivity index (χ3n) is 2.91. The molecule has 2 rings (SSSR count). The van der Waals surface area contributed by atoms with E-state index >= 15 is 0 Å². The lowest BCUT2D eigenvalue weighted by atomic mass is 9.97. The maximum atomic E-state index is 6.01. The van der Waals surface area contributed by atoms with E-state index in [4.69, 9.17) is 27.9 Å². The van der Waals surface area contributed by atoms with Crippen molar-refractivity contribution in [3.05, 3.63) is 33.8 Å². The molecule has 0 bridgehead atoms. The molecule has 3 atom stereocenters. The van der Waals surface area contributed by atoms with E-state index in [2.05, 4.69) is 22.9 Å². The minimum absolute atomic E-state index is 0.284. The number of ether oxygens (including phenoxy) is 1. The SMILES string of the molecule is CC1CC(C(Br)c2ccc(Cl)c(Cl)c2)CO1. The number of hydrogen-bond acceptors (Lipinski definition) is 1. The maximum absolute atomic E-state index is 6.01. The number of alkyl halides is 1. The fourth-order valence-corrected chi connectivity index (χ4v) is 2.97. The molecular formula is C12H13BrCl2O. The van der Waals surface area contributed by atoms with Crippen molar-refractivity contribution in [2.24, 2.45) is 5.92 Å². The molecule has 0 amide bonds. The van der Waals surface area contributed by atoms with Gasteiger partial charge in [0.15, 0.2) is 0 Å². The topological polar surface area (TPSA) is 9.23 Å². The van der Waals surface area contributed by atoms with Crippen LogP contribution in [-0.4, -0.2) is 12.7 Å². The molecule has 0 spiro atoms. The van der Waals surface area contributed by atoms with Gasteiger partial charge in [0, 0.05) is 10.7 Å². The van der Waals surface area contributed by atoms with E-state index in [1.807, 2.05) is 18.2 Å². The maximum Gasteiger partial charge on any atom is 0.0595 e. The van der Waals surface area contributed by atoms with Crippen molar-refractivity contribution in [1.82, 2.24) is 0 Å². The highest BCUT2D eigenvalue weighted by Gasteiger charge is 2.29. The lowest BCUT2D eigenvalue weighted by Gasteiger charge is -2.16. The number of hydrogen-bond donors (Lipinski definition) is 0. The third-order valence-corrected chi connectivity index (χ3v) is 4.92. The van der Waals surface area contributed by atoms with Gasteiger partial charge in [-0.05, 0) is 31.0 Å². The predicted molar refractivity (Wildman–Crippen MR) is 71.7 cm³/mol. The van der Waals surface area contributed by atoms with Crippen molar-refractivity contribution in [2.75, 3.05) is 6.61 Å². The van der Waals surface area contributed by atoms with Crippen LogP contribution in [0.3, 0.4) is 0 Å². The first-order valence-corrected chi connectivity index (χ1v) is 6.95. The van der Waals surface area contributed by atoms with E-state index in [0.29, 0.717) is 22.1 Å². The first kappa shape index (κ1) is 12.7. The van der Waals surface area contributed by atoms with Gasteiger partial charge < -0.3 is 4.74 Å². The van der Waals surface area contributed by atoms with Gasteiger partial charge in [-0.25, -0.2) is 0 Å². The molecule has 0 radical (unpaired) electrons. The summed E-state index contributed by atoms with van der Waals surface area (Å²) in [4.78, 5) is 0.284. The second kappa shape index (κ2) is 5.26. The number of benzene rings is 1. The fraction of sp³-hybridized carbons (Fsp3) is 0.500. The Bertz CT molecular complexity index is 383. The second-order valence-electron chi connectivity index (χ2n) is 4.22. The van der Waals surface area contributed by atoms with Crippen LogP contribution in [0, 0.1) is 5.92 Å². The van der Waals surface area contributed by atoms with E-state index in [0.717, 1.165) is 18.6 Å². The molecule has 1 heterocycles. The van der Waals surface area contributed by atoms with Gasteiger partial charge in [0.1, 0.15) is 0 Å². The average Bonchev–Trinajstić information content (AvgIpc) is 2.68. The van der Waals surface area contributed by atoms with Crippen molar-refractivity contribution in [1.29, 1.82) is 0 Å². The molecule has 1 aliphatic rings. The molecule has 0 aromatic heterocycles. The lowest BCUT2D eigenvalue weighted by Crippen LogP contribution is -2.07. The molecule has 0 N–H and O–H groups in total. The summed E-state index contributed by atoms with van der Waals surface area (Å²) in [6.45, 7) is 2.91. The van der Waals surface area contributed by atoms with E-state index in [1.165, 1.54) is 0 Å². The van der Waals surface area contributed by atoms with Crippen LogP contribution in [-0.2, 0) is 4.74 Å². The summed E-state index contributed by atoms with van der Waals surface area (Å²) in [6.07, 6.45) is 1.43. The van der Waals surface area contributed by atoms with E-state index in [9.17, 15) is 0 Å². The first-order valence-electron chi connectivity index (χ1n) is 5.28. The van der Waals surface area contributed by atoms with Gasteiger partial charge in [-0.3, -0.25) is 0 Å². The first-order chi connectivity index (χ1) is 7.58. The molecule has 0 aliphatic carbocycles. The Morgan fingerprint density at radius 1 is 1.38 bits per heavy atom. The molecule has 16 heavy (non-hydrogen) atoms. The minimum Gasteiger partial charge on any atom is -0.378 e. The van der Waals surface area contributed by atoms with Crippen molar-refractivity contribution in [3.63, 3.8) is 0 Å². The summed E-state index contributed by atoms with van der Waals surface area (Å²) in [5.41, 5.74) is 1.16. The third kappa shape index (κ3) is 2.73. The highest BCUT2D eigenvalue weighted by Crippen LogP contribution is 2.39. The van der Waals surface area contributed by atoms with Crippen LogP contribution in [0.4, 0.5) is 0 Å². The van der Waals surface area contributed by atoms with E-state index < -0.39 is 0 Å². The number of rotatable bonds is 2. The van der Waals surface area contributed by atoms with Gasteiger partial charge in [-0.15, -0.1) is 0 Å². The van der Waals surface area contributed by atoms with Crippen molar-refractivity contribution >= 4 is 39.1 Å². The zero-order valence-electron chi connectivity index (χ0n) is 8.92. The van der Waals surface area contributed by atoms with Crippen LogP contribution < -0.4 is 0 Å². The number of halogens is 3. The average molecular weight is 324 g/mol. The summed E-state index contributed by atoms with van der Waals surface area (Å²) in [6, 6.07) is 5.77. The molecule has 1 aromatic rings. The van der Waals surface area contributed by atoms with Gasteiger partial charge in [-0.2, -0.15) is 0 Å². The molecule has 4 heteroatoms. The molecule has 1 saturated heterocycles. The minimum atomic E-state index is 0.284. The Kier molecular flexibility index (Phi) is 4.17. The zero-order valence-corrected chi connectivity index (χ0v) is 12.0. The zero-order chi connectivity index (χ0) is 11.7. The largest absolute Gasteiger partial charge is 0.378 e. The summed E-state index contributed by atoms with van der Waals surface area (Å²) < 4.78 is 5.57. The van der Waals surface area contributed by atoms with Crippen molar-refractivity contribution in [3.8, 4) is 0 Å². The highest BCUT2D eigenvalue weighted by atomic mass is 79.9.